The molecule has 1 atom stereocenters. The van der Waals surface area contributed by atoms with Crippen molar-refractivity contribution >= 4 is 12.1 Å². The van der Waals surface area contributed by atoms with E-state index in [2.05, 4.69) is 20.6 Å². The molecule has 0 aliphatic heterocycles. The van der Waals surface area contributed by atoms with Crippen molar-refractivity contribution in [2.24, 2.45) is 5.92 Å². The molecule has 0 bridgehead atoms. The molecule has 0 aliphatic carbocycles. The lowest BCUT2D eigenvalue weighted by Gasteiger charge is -2.30. The van der Waals surface area contributed by atoms with Crippen LogP contribution in [0.4, 0.5) is 4.79 Å². The molecule has 3 aromatic rings. The number of hydrogen-bond donors (Lipinski definition) is 2. The van der Waals surface area contributed by atoms with E-state index in [9.17, 15) is 14.7 Å². The minimum Gasteiger partial charge on any atom is -0.480 e. The summed E-state index contributed by atoms with van der Waals surface area (Å²) < 4.78 is 5.11. The van der Waals surface area contributed by atoms with Crippen LogP contribution in [0.5, 0.6) is 0 Å². The van der Waals surface area contributed by atoms with E-state index in [1.165, 1.54) is 4.90 Å². The molecule has 0 saturated carbocycles. The van der Waals surface area contributed by atoms with Crippen LogP contribution >= 0.6 is 0 Å². The fraction of sp³-hybridized carbons (Fsp3) is 0.318. The predicted octanol–water partition coefficient (Wildman–Crippen LogP) is 3.60. The first-order valence-corrected chi connectivity index (χ1v) is 10.0. The molecule has 0 fully saturated rings. The minimum absolute atomic E-state index is 0.126. The Labute approximate surface area is 180 Å². The molecular weight excluding hydrogens is 398 g/mol. The quantitative estimate of drug-likeness (QED) is 0.568. The lowest BCUT2D eigenvalue weighted by Crippen LogP contribution is -2.47. The van der Waals surface area contributed by atoms with Crippen LogP contribution in [0.2, 0.25) is 0 Å². The highest BCUT2D eigenvalue weighted by Crippen LogP contribution is 2.30. The maximum atomic E-state index is 12.5. The first-order valence-electron chi connectivity index (χ1n) is 10.0. The van der Waals surface area contributed by atoms with E-state index in [1.54, 1.807) is 20.8 Å². The first kappa shape index (κ1) is 21.9. The summed E-state index contributed by atoms with van der Waals surface area (Å²) in [5.74, 6) is -0.842. The van der Waals surface area contributed by atoms with Crippen molar-refractivity contribution < 1.29 is 19.4 Å². The van der Waals surface area contributed by atoms with Crippen LogP contribution in [0, 0.1) is 5.92 Å². The Morgan fingerprint density at radius 2 is 1.77 bits per heavy atom. The normalized spacial score (nSPS) is 11.9. The van der Waals surface area contributed by atoms with Gasteiger partial charge in [-0.1, -0.05) is 62.4 Å². The van der Waals surface area contributed by atoms with Crippen molar-refractivity contribution in [1.82, 2.24) is 25.5 Å². The van der Waals surface area contributed by atoms with Crippen molar-refractivity contribution in [3.63, 3.8) is 0 Å². The summed E-state index contributed by atoms with van der Waals surface area (Å²) in [6.45, 7) is 5.52. The Hall–Kier alpha value is -3.75. The van der Waals surface area contributed by atoms with Crippen LogP contribution in [0.25, 0.3) is 22.5 Å². The standard InChI is InChI=1S/C22H25N5O4/c1-4-31-22(30)27(19(14(2)3)21(28)29)13-15-9-11-16(12-10-15)17-7-5-6-8-18(17)20-23-25-26-24-20/h5-12,14,19H,4,13H2,1-3H3,(H,28,29)(H,23,24,25,26). The average Bonchev–Trinajstić information content (AvgIpc) is 3.28. The summed E-state index contributed by atoms with van der Waals surface area (Å²) in [5, 5.41) is 23.9. The van der Waals surface area contributed by atoms with Crippen molar-refractivity contribution in [2.75, 3.05) is 6.61 Å². The predicted molar refractivity (Wildman–Crippen MR) is 114 cm³/mol. The highest BCUT2D eigenvalue weighted by molar-refractivity contribution is 5.81. The smallest absolute Gasteiger partial charge is 0.410 e. The Morgan fingerprint density at radius 1 is 1.10 bits per heavy atom. The van der Waals surface area contributed by atoms with E-state index in [0.29, 0.717) is 5.82 Å². The number of carbonyl (C=O) groups is 2. The van der Waals surface area contributed by atoms with E-state index in [0.717, 1.165) is 22.3 Å². The van der Waals surface area contributed by atoms with Gasteiger partial charge in [-0.15, -0.1) is 10.2 Å². The van der Waals surface area contributed by atoms with Crippen LogP contribution in [0.15, 0.2) is 48.5 Å². The fourth-order valence-electron chi connectivity index (χ4n) is 3.45. The summed E-state index contributed by atoms with van der Waals surface area (Å²) in [6, 6.07) is 14.3. The molecule has 162 valence electrons. The van der Waals surface area contributed by atoms with E-state index in [4.69, 9.17) is 4.74 Å². The molecule has 0 saturated heterocycles. The number of benzene rings is 2. The van der Waals surface area contributed by atoms with E-state index in [-0.39, 0.29) is 19.1 Å². The average molecular weight is 423 g/mol. The lowest BCUT2D eigenvalue weighted by molar-refractivity contribution is -0.144. The number of aliphatic carboxylic acids is 1. The van der Waals surface area contributed by atoms with Crippen molar-refractivity contribution in [3.8, 4) is 22.5 Å². The number of rotatable bonds is 8. The lowest BCUT2D eigenvalue weighted by atomic mass is 9.97. The highest BCUT2D eigenvalue weighted by atomic mass is 16.6. The number of carboxylic acid groups (broad SMARTS) is 1. The van der Waals surface area contributed by atoms with Gasteiger partial charge in [0.1, 0.15) is 6.04 Å². The second-order valence-electron chi connectivity index (χ2n) is 7.33. The van der Waals surface area contributed by atoms with Gasteiger partial charge in [0.15, 0.2) is 0 Å². The third-order valence-electron chi connectivity index (χ3n) is 4.85. The van der Waals surface area contributed by atoms with Crippen LogP contribution < -0.4 is 0 Å². The van der Waals surface area contributed by atoms with Gasteiger partial charge in [-0.05, 0) is 34.7 Å². The van der Waals surface area contributed by atoms with Gasteiger partial charge in [-0.25, -0.2) is 9.59 Å². The zero-order chi connectivity index (χ0) is 22.4. The highest BCUT2D eigenvalue weighted by Gasteiger charge is 2.33. The Kier molecular flexibility index (Phi) is 6.96. The molecule has 1 unspecified atom stereocenters. The Balaban J connectivity index is 1.88. The summed E-state index contributed by atoms with van der Waals surface area (Å²) in [5.41, 5.74) is 3.50. The van der Waals surface area contributed by atoms with Crippen LogP contribution in [-0.2, 0) is 16.1 Å². The molecule has 2 aromatic carbocycles. The number of aromatic amines is 1. The third kappa shape index (κ3) is 5.06. The largest absolute Gasteiger partial charge is 0.480 e. The van der Waals surface area contributed by atoms with Gasteiger partial charge in [0.05, 0.1) is 6.61 Å². The molecule has 9 nitrogen and oxygen atoms in total. The molecule has 3 rings (SSSR count). The maximum absolute atomic E-state index is 12.5. The van der Waals surface area contributed by atoms with Crippen LogP contribution in [-0.4, -0.2) is 55.3 Å². The molecule has 1 aromatic heterocycles. The van der Waals surface area contributed by atoms with Crippen molar-refractivity contribution in [2.45, 2.75) is 33.4 Å². The van der Waals surface area contributed by atoms with Crippen LogP contribution in [0.1, 0.15) is 26.3 Å². The first-order chi connectivity index (χ1) is 14.9. The number of tetrazole rings is 1. The second-order valence-corrected chi connectivity index (χ2v) is 7.33. The fourth-order valence-corrected chi connectivity index (χ4v) is 3.45. The van der Waals surface area contributed by atoms with Gasteiger partial charge in [-0.2, -0.15) is 5.21 Å². The number of H-pyrrole nitrogens is 1. The minimum atomic E-state index is -1.06. The summed E-state index contributed by atoms with van der Waals surface area (Å²) in [7, 11) is 0. The van der Waals surface area contributed by atoms with Gasteiger partial charge in [-0.3, -0.25) is 4.90 Å². The van der Waals surface area contributed by atoms with Gasteiger partial charge >= 0.3 is 12.1 Å². The summed E-state index contributed by atoms with van der Waals surface area (Å²) in [4.78, 5) is 25.5. The number of nitrogens with one attached hydrogen (secondary N) is 1. The third-order valence-corrected chi connectivity index (χ3v) is 4.85. The van der Waals surface area contributed by atoms with Crippen molar-refractivity contribution in [1.29, 1.82) is 0 Å². The number of carbonyl (C=O) groups excluding carboxylic acids is 1. The topological polar surface area (TPSA) is 121 Å². The number of carboxylic acids is 1. The molecule has 0 aliphatic rings. The van der Waals surface area contributed by atoms with Gasteiger partial charge in [0, 0.05) is 12.1 Å². The molecule has 2 N–H and O–H groups in total. The number of aromatic nitrogens is 4. The second kappa shape index (κ2) is 9.84. The molecular formula is C22H25N5O4. The Bertz CT molecular complexity index is 1020. The van der Waals surface area contributed by atoms with Gasteiger partial charge < -0.3 is 9.84 Å². The molecule has 31 heavy (non-hydrogen) atoms. The number of ether oxygens (including phenoxy) is 1. The zero-order valence-electron chi connectivity index (χ0n) is 17.6. The van der Waals surface area contributed by atoms with E-state index in [1.807, 2.05) is 48.5 Å². The zero-order valence-corrected chi connectivity index (χ0v) is 17.6. The molecule has 1 amide bonds. The van der Waals surface area contributed by atoms with Crippen LogP contribution in [0.3, 0.4) is 0 Å². The van der Waals surface area contributed by atoms with Crippen molar-refractivity contribution in [3.05, 3.63) is 54.1 Å². The Morgan fingerprint density at radius 3 is 2.32 bits per heavy atom. The number of nitrogens with zero attached hydrogens (tertiary/aromatic N) is 4. The number of hydrogen-bond acceptors (Lipinski definition) is 6. The summed E-state index contributed by atoms with van der Waals surface area (Å²) in [6.07, 6.45) is -0.643. The van der Waals surface area contributed by atoms with Gasteiger partial charge in [0.25, 0.3) is 0 Å². The number of amides is 1. The SMILES string of the molecule is CCOC(=O)N(Cc1ccc(-c2ccccc2-c2nn[nH]n2)cc1)C(C(=O)O)C(C)C. The molecule has 0 spiro atoms. The molecule has 0 radical (unpaired) electrons. The monoisotopic (exact) mass is 423 g/mol. The van der Waals surface area contributed by atoms with E-state index < -0.39 is 18.1 Å². The van der Waals surface area contributed by atoms with E-state index >= 15 is 0 Å². The van der Waals surface area contributed by atoms with Gasteiger partial charge in [0.2, 0.25) is 5.82 Å². The summed E-state index contributed by atoms with van der Waals surface area (Å²) >= 11 is 0. The molecule has 9 heteroatoms. The molecule has 1 heterocycles. The maximum Gasteiger partial charge on any atom is 0.410 e.